The summed E-state index contributed by atoms with van der Waals surface area (Å²) < 4.78 is 14.4. The lowest BCUT2D eigenvalue weighted by atomic mass is 10.2. The van der Waals surface area contributed by atoms with Crippen LogP contribution in [0.4, 0.5) is 15.8 Å². The SMILES string of the molecule is CC(=O)Nc1cccc(NCc2cc(Br)ccc2F)c1. The third kappa shape index (κ3) is 4.06. The molecule has 0 radical (unpaired) electrons. The van der Waals surface area contributed by atoms with Crippen LogP contribution in [0.2, 0.25) is 0 Å². The summed E-state index contributed by atoms with van der Waals surface area (Å²) in [6.07, 6.45) is 0. The van der Waals surface area contributed by atoms with E-state index in [0.29, 0.717) is 17.8 Å². The van der Waals surface area contributed by atoms with Crippen LogP contribution in [0.25, 0.3) is 0 Å². The first-order valence-corrected chi connectivity index (χ1v) is 6.89. The number of hydrogen-bond acceptors (Lipinski definition) is 2. The van der Waals surface area contributed by atoms with Gasteiger partial charge in [-0.15, -0.1) is 0 Å². The lowest BCUT2D eigenvalue weighted by Gasteiger charge is -2.10. The molecule has 2 aromatic rings. The summed E-state index contributed by atoms with van der Waals surface area (Å²) >= 11 is 3.32. The standard InChI is InChI=1S/C15H14BrFN2O/c1-10(20)19-14-4-2-3-13(8-14)18-9-11-7-12(16)5-6-15(11)17/h2-8,18H,9H2,1H3,(H,19,20). The molecule has 2 rings (SSSR count). The molecule has 0 aliphatic carbocycles. The quantitative estimate of drug-likeness (QED) is 0.880. The molecule has 0 unspecified atom stereocenters. The molecular formula is C15H14BrFN2O. The van der Waals surface area contributed by atoms with Crippen molar-refractivity contribution >= 4 is 33.2 Å². The van der Waals surface area contributed by atoms with Crippen molar-refractivity contribution in [2.24, 2.45) is 0 Å². The summed E-state index contributed by atoms with van der Waals surface area (Å²) in [7, 11) is 0. The first kappa shape index (κ1) is 14.5. The van der Waals surface area contributed by atoms with Crippen molar-refractivity contribution in [1.82, 2.24) is 0 Å². The summed E-state index contributed by atoms with van der Waals surface area (Å²) in [4.78, 5) is 11.0. The Hall–Kier alpha value is -1.88. The fourth-order valence-electron chi connectivity index (χ4n) is 1.79. The number of hydrogen-bond donors (Lipinski definition) is 2. The van der Waals surface area contributed by atoms with Gasteiger partial charge in [-0.25, -0.2) is 4.39 Å². The lowest BCUT2D eigenvalue weighted by Crippen LogP contribution is -2.06. The van der Waals surface area contributed by atoms with Gasteiger partial charge in [-0.1, -0.05) is 22.0 Å². The maximum absolute atomic E-state index is 13.6. The average Bonchev–Trinajstić information content (AvgIpc) is 2.39. The fraction of sp³-hybridized carbons (Fsp3) is 0.133. The van der Waals surface area contributed by atoms with Crippen molar-refractivity contribution < 1.29 is 9.18 Å². The second-order valence-electron chi connectivity index (χ2n) is 4.35. The predicted octanol–water partition coefficient (Wildman–Crippen LogP) is 4.16. The normalized spacial score (nSPS) is 10.2. The van der Waals surface area contributed by atoms with Gasteiger partial charge in [-0.3, -0.25) is 4.79 Å². The van der Waals surface area contributed by atoms with Crippen molar-refractivity contribution in [3.05, 3.63) is 58.3 Å². The maximum atomic E-state index is 13.6. The molecule has 0 spiro atoms. The minimum Gasteiger partial charge on any atom is -0.381 e. The monoisotopic (exact) mass is 336 g/mol. The van der Waals surface area contributed by atoms with Crippen LogP contribution in [0.3, 0.4) is 0 Å². The molecule has 0 saturated carbocycles. The van der Waals surface area contributed by atoms with E-state index >= 15 is 0 Å². The Kier molecular flexibility index (Phi) is 4.74. The van der Waals surface area contributed by atoms with E-state index in [9.17, 15) is 9.18 Å². The second kappa shape index (κ2) is 6.52. The highest BCUT2D eigenvalue weighted by Gasteiger charge is 2.03. The summed E-state index contributed by atoms with van der Waals surface area (Å²) in [5.41, 5.74) is 2.09. The highest BCUT2D eigenvalue weighted by atomic mass is 79.9. The Labute approximate surface area is 125 Å². The summed E-state index contributed by atoms with van der Waals surface area (Å²) in [6.45, 7) is 1.83. The second-order valence-corrected chi connectivity index (χ2v) is 5.27. The van der Waals surface area contributed by atoms with E-state index in [4.69, 9.17) is 0 Å². The van der Waals surface area contributed by atoms with Crippen LogP contribution in [0.5, 0.6) is 0 Å². The Bertz CT molecular complexity index is 631. The van der Waals surface area contributed by atoms with Gasteiger partial charge in [-0.2, -0.15) is 0 Å². The van der Waals surface area contributed by atoms with Crippen molar-refractivity contribution in [1.29, 1.82) is 0 Å². The number of amides is 1. The molecule has 2 N–H and O–H groups in total. The Morgan fingerprint density at radius 1 is 1.20 bits per heavy atom. The topological polar surface area (TPSA) is 41.1 Å². The molecule has 0 aromatic heterocycles. The van der Waals surface area contributed by atoms with Crippen LogP contribution in [0.1, 0.15) is 12.5 Å². The molecule has 0 bridgehead atoms. The molecule has 0 saturated heterocycles. The Balaban J connectivity index is 2.07. The van der Waals surface area contributed by atoms with E-state index in [2.05, 4.69) is 26.6 Å². The van der Waals surface area contributed by atoms with Gasteiger partial charge in [0.15, 0.2) is 0 Å². The van der Waals surface area contributed by atoms with Gasteiger partial charge in [0.05, 0.1) is 0 Å². The van der Waals surface area contributed by atoms with Crippen molar-refractivity contribution in [3.63, 3.8) is 0 Å². The molecule has 104 valence electrons. The van der Waals surface area contributed by atoms with Gasteiger partial charge >= 0.3 is 0 Å². The summed E-state index contributed by atoms with van der Waals surface area (Å²) in [6, 6.07) is 12.1. The van der Waals surface area contributed by atoms with Gasteiger partial charge in [0.25, 0.3) is 0 Å². The third-order valence-electron chi connectivity index (χ3n) is 2.67. The molecule has 0 fully saturated rings. The van der Waals surface area contributed by atoms with Crippen LogP contribution >= 0.6 is 15.9 Å². The zero-order valence-corrected chi connectivity index (χ0v) is 12.5. The van der Waals surface area contributed by atoms with Crippen LogP contribution in [-0.4, -0.2) is 5.91 Å². The number of carbonyl (C=O) groups excluding carboxylic acids is 1. The van der Waals surface area contributed by atoms with E-state index < -0.39 is 0 Å². The zero-order valence-electron chi connectivity index (χ0n) is 10.9. The summed E-state index contributed by atoms with van der Waals surface area (Å²) in [5.74, 6) is -0.376. The maximum Gasteiger partial charge on any atom is 0.221 e. The number of nitrogens with one attached hydrogen (secondary N) is 2. The van der Waals surface area contributed by atoms with Crippen molar-refractivity contribution in [2.45, 2.75) is 13.5 Å². The van der Waals surface area contributed by atoms with Crippen molar-refractivity contribution in [2.75, 3.05) is 10.6 Å². The van der Waals surface area contributed by atoms with E-state index in [0.717, 1.165) is 10.2 Å². The van der Waals surface area contributed by atoms with Crippen LogP contribution < -0.4 is 10.6 Å². The number of carbonyl (C=O) groups is 1. The van der Waals surface area contributed by atoms with E-state index in [-0.39, 0.29) is 11.7 Å². The van der Waals surface area contributed by atoms with E-state index in [1.807, 2.05) is 12.1 Å². The lowest BCUT2D eigenvalue weighted by molar-refractivity contribution is -0.114. The summed E-state index contributed by atoms with van der Waals surface area (Å²) in [5, 5.41) is 5.83. The van der Waals surface area contributed by atoms with E-state index in [1.165, 1.54) is 13.0 Å². The van der Waals surface area contributed by atoms with Crippen LogP contribution in [0.15, 0.2) is 46.9 Å². The molecule has 2 aromatic carbocycles. The van der Waals surface area contributed by atoms with Crippen molar-refractivity contribution in [3.8, 4) is 0 Å². The molecule has 0 atom stereocenters. The molecule has 0 aliphatic rings. The molecule has 0 aliphatic heterocycles. The van der Waals surface area contributed by atoms with Crippen LogP contribution in [-0.2, 0) is 11.3 Å². The molecule has 5 heteroatoms. The first-order valence-electron chi connectivity index (χ1n) is 6.10. The zero-order chi connectivity index (χ0) is 14.5. The van der Waals surface area contributed by atoms with Gasteiger partial charge in [0.2, 0.25) is 5.91 Å². The van der Waals surface area contributed by atoms with Gasteiger partial charge in [0, 0.05) is 34.9 Å². The number of anilines is 2. The first-order chi connectivity index (χ1) is 9.54. The minimum atomic E-state index is -0.251. The van der Waals surface area contributed by atoms with E-state index in [1.54, 1.807) is 24.3 Å². The Morgan fingerprint density at radius 2 is 1.95 bits per heavy atom. The highest BCUT2D eigenvalue weighted by Crippen LogP contribution is 2.19. The predicted molar refractivity (Wildman–Crippen MR) is 82.2 cm³/mol. The highest BCUT2D eigenvalue weighted by molar-refractivity contribution is 9.10. The van der Waals surface area contributed by atoms with Gasteiger partial charge in [0.1, 0.15) is 5.82 Å². The Morgan fingerprint density at radius 3 is 2.70 bits per heavy atom. The minimum absolute atomic E-state index is 0.125. The van der Waals surface area contributed by atoms with Crippen LogP contribution in [0, 0.1) is 5.82 Å². The molecular weight excluding hydrogens is 323 g/mol. The molecule has 3 nitrogen and oxygen atoms in total. The average molecular weight is 337 g/mol. The number of halogens is 2. The number of benzene rings is 2. The largest absolute Gasteiger partial charge is 0.381 e. The van der Waals surface area contributed by atoms with Gasteiger partial charge < -0.3 is 10.6 Å². The third-order valence-corrected chi connectivity index (χ3v) is 3.17. The smallest absolute Gasteiger partial charge is 0.221 e. The molecule has 0 heterocycles. The fourth-order valence-corrected chi connectivity index (χ4v) is 2.19. The number of rotatable bonds is 4. The molecule has 20 heavy (non-hydrogen) atoms. The molecule has 1 amide bonds. The van der Waals surface area contributed by atoms with Gasteiger partial charge in [-0.05, 0) is 36.4 Å².